The van der Waals surface area contributed by atoms with E-state index in [1.807, 2.05) is 41.5 Å². The molecule has 2 aromatic rings. The second-order valence-electron chi connectivity index (χ2n) is 7.88. The van der Waals surface area contributed by atoms with Crippen molar-refractivity contribution in [3.63, 3.8) is 0 Å². The highest BCUT2D eigenvalue weighted by atomic mass is 32.1. The van der Waals surface area contributed by atoms with Gasteiger partial charge in [-0.15, -0.1) is 11.3 Å². The van der Waals surface area contributed by atoms with Crippen LogP contribution in [0.2, 0.25) is 0 Å². The minimum Gasteiger partial charge on any atom is -0.494 e. The molecule has 2 saturated heterocycles. The number of amides is 1. The van der Waals surface area contributed by atoms with Crippen molar-refractivity contribution < 1.29 is 9.53 Å². The monoisotopic (exact) mass is 414 g/mol. The molecule has 2 aliphatic heterocycles. The maximum Gasteiger partial charge on any atom is 0.273 e. The van der Waals surface area contributed by atoms with Crippen LogP contribution in [-0.2, 0) is 0 Å². The maximum atomic E-state index is 12.9. The number of hydrogen-bond acceptors (Lipinski definition) is 6. The predicted octanol–water partition coefficient (Wildman–Crippen LogP) is 3.06. The molecule has 156 valence electrons. The number of ether oxygens (including phenoxy) is 1. The first-order valence-electron chi connectivity index (χ1n) is 10.5. The highest BCUT2D eigenvalue weighted by Crippen LogP contribution is 2.26. The summed E-state index contributed by atoms with van der Waals surface area (Å²) in [5.74, 6) is 0.907. The van der Waals surface area contributed by atoms with Crippen LogP contribution in [-0.4, -0.2) is 84.6 Å². The van der Waals surface area contributed by atoms with Gasteiger partial charge in [0.1, 0.15) is 16.5 Å². The maximum absolute atomic E-state index is 12.9. The van der Waals surface area contributed by atoms with Crippen LogP contribution in [0.25, 0.3) is 10.6 Å². The smallest absolute Gasteiger partial charge is 0.273 e. The van der Waals surface area contributed by atoms with E-state index in [2.05, 4.69) is 21.8 Å². The lowest BCUT2D eigenvalue weighted by Crippen LogP contribution is -2.55. The van der Waals surface area contributed by atoms with E-state index in [1.54, 1.807) is 0 Å². The molecule has 7 heteroatoms. The van der Waals surface area contributed by atoms with Gasteiger partial charge < -0.3 is 14.5 Å². The minimum absolute atomic E-state index is 0.0545. The van der Waals surface area contributed by atoms with Crippen molar-refractivity contribution in [1.29, 1.82) is 0 Å². The highest BCUT2D eigenvalue weighted by Gasteiger charge is 2.29. The fourth-order valence-electron chi connectivity index (χ4n) is 4.25. The molecule has 29 heavy (non-hydrogen) atoms. The van der Waals surface area contributed by atoms with Gasteiger partial charge in [-0.05, 0) is 57.6 Å². The summed E-state index contributed by atoms with van der Waals surface area (Å²) in [5, 5.41) is 2.76. The Morgan fingerprint density at radius 2 is 1.93 bits per heavy atom. The number of nitrogens with zero attached hydrogens (tertiary/aromatic N) is 4. The van der Waals surface area contributed by atoms with Crippen molar-refractivity contribution >= 4 is 17.2 Å². The molecule has 0 aliphatic carbocycles. The first-order chi connectivity index (χ1) is 14.1. The van der Waals surface area contributed by atoms with Gasteiger partial charge in [0.05, 0.1) is 6.61 Å². The zero-order valence-corrected chi connectivity index (χ0v) is 18.2. The van der Waals surface area contributed by atoms with Gasteiger partial charge >= 0.3 is 0 Å². The molecule has 0 N–H and O–H groups in total. The van der Waals surface area contributed by atoms with E-state index < -0.39 is 0 Å². The van der Waals surface area contributed by atoms with Gasteiger partial charge in [-0.1, -0.05) is 0 Å². The number of piperazine rings is 1. The standard InChI is InChI=1S/C22H30N4O2S/c1-3-28-19-8-6-17(7-9-19)21-23-20(16-29-21)22(27)26-13-11-25(12-14-26)18-5-4-10-24(2)15-18/h6-9,16,18H,3-5,10-15H2,1-2H3. The van der Waals surface area contributed by atoms with Gasteiger partial charge in [-0.2, -0.15) is 0 Å². The Bertz CT molecular complexity index is 814. The quantitative estimate of drug-likeness (QED) is 0.753. The molecule has 1 atom stereocenters. The minimum atomic E-state index is 0.0545. The van der Waals surface area contributed by atoms with E-state index >= 15 is 0 Å². The summed E-state index contributed by atoms with van der Waals surface area (Å²) >= 11 is 1.52. The summed E-state index contributed by atoms with van der Waals surface area (Å²) in [6.45, 7) is 8.46. The molecule has 6 nitrogen and oxygen atoms in total. The number of piperidine rings is 1. The predicted molar refractivity (Wildman–Crippen MR) is 117 cm³/mol. The number of rotatable bonds is 5. The molecule has 1 unspecified atom stereocenters. The van der Waals surface area contributed by atoms with Gasteiger partial charge in [0, 0.05) is 49.7 Å². The second-order valence-corrected chi connectivity index (χ2v) is 8.74. The lowest BCUT2D eigenvalue weighted by molar-refractivity contribution is 0.0449. The van der Waals surface area contributed by atoms with Crippen LogP contribution in [0, 0.1) is 0 Å². The number of carbonyl (C=O) groups is 1. The summed E-state index contributed by atoms with van der Waals surface area (Å²) in [6.07, 6.45) is 2.54. The SMILES string of the molecule is CCOc1ccc(-c2nc(C(=O)N3CCN(C4CCCN(C)C4)CC3)cs2)cc1. The second kappa shape index (κ2) is 9.24. The normalized spacial score (nSPS) is 21.3. The molecule has 0 bridgehead atoms. The summed E-state index contributed by atoms with van der Waals surface area (Å²) in [5.41, 5.74) is 1.58. The highest BCUT2D eigenvalue weighted by molar-refractivity contribution is 7.13. The molecule has 0 radical (unpaired) electrons. The van der Waals surface area contributed by atoms with Crippen molar-refractivity contribution in [3.05, 3.63) is 35.3 Å². The lowest BCUT2D eigenvalue weighted by Gasteiger charge is -2.42. The Morgan fingerprint density at radius 3 is 2.62 bits per heavy atom. The molecule has 2 aliphatic rings. The third-order valence-corrected chi connectivity index (χ3v) is 6.74. The summed E-state index contributed by atoms with van der Waals surface area (Å²) in [7, 11) is 2.20. The first kappa shape index (κ1) is 20.3. The van der Waals surface area contributed by atoms with Crippen LogP contribution >= 0.6 is 11.3 Å². The lowest BCUT2D eigenvalue weighted by atomic mass is 10.0. The van der Waals surface area contributed by atoms with E-state index in [4.69, 9.17) is 4.74 Å². The van der Waals surface area contributed by atoms with Crippen molar-refractivity contribution in [3.8, 4) is 16.3 Å². The summed E-state index contributed by atoms with van der Waals surface area (Å²) in [4.78, 5) is 24.5. The van der Waals surface area contributed by atoms with E-state index in [-0.39, 0.29) is 5.91 Å². The van der Waals surface area contributed by atoms with Gasteiger partial charge in [-0.25, -0.2) is 4.98 Å². The van der Waals surface area contributed by atoms with E-state index in [0.717, 1.165) is 49.0 Å². The number of carbonyl (C=O) groups excluding carboxylic acids is 1. The third kappa shape index (κ3) is 4.79. The zero-order valence-electron chi connectivity index (χ0n) is 17.3. The van der Waals surface area contributed by atoms with Crippen molar-refractivity contribution in [2.75, 3.05) is 52.9 Å². The molecule has 4 rings (SSSR count). The van der Waals surface area contributed by atoms with Crippen LogP contribution in [0.3, 0.4) is 0 Å². The number of hydrogen-bond donors (Lipinski definition) is 0. The molecule has 3 heterocycles. The van der Waals surface area contributed by atoms with E-state index in [1.165, 1.54) is 30.7 Å². The Morgan fingerprint density at radius 1 is 1.17 bits per heavy atom. The molecule has 1 amide bonds. The number of likely N-dealkylation sites (tertiary alicyclic amines) is 1. The molecule has 1 aromatic carbocycles. The molecule has 2 fully saturated rings. The third-order valence-electron chi connectivity index (χ3n) is 5.85. The van der Waals surface area contributed by atoms with Gasteiger partial charge in [0.25, 0.3) is 5.91 Å². The molecule has 0 spiro atoms. The topological polar surface area (TPSA) is 48.9 Å². The van der Waals surface area contributed by atoms with Crippen LogP contribution in [0.5, 0.6) is 5.75 Å². The molecular formula is C22H30N4O2S. The fraction of sp³-hybridized carbons (Fsp3) is 0.545. The van der Waals surface area contributed by atoms with Crippen LogP contribution in [0.1, 0.15) is 30.3 Å². The van der Waals surface area contributed by atoms with Crippen LogP contribution < -0.4 is 4.74 Å². The van der Waals surface area contributed by atoms with Gasteiger partial charge in [0.2, 0.25) is 0 Å². The fourth-order valence-corrected chi connectivity index (χ4v) is 5.05. The molecular weight excluding hydrogens is 384 g/mol. The average molecular weight is 415 g/mol. The number of thiazole rings is 1. The summed E-state index contributed by atoms with van der Waals surface area (Å²) in [6, 6.07) is 8.53. The number of aromatic nitrogens is 1. The van der Waals surface area contributed by atoms with Crippen molar-refractivity contribution in [2.45, 2.75) is 25.8 Å². The largest absolute Gasteiger partial charge is 0.494 e. The van der Waals surface area contributed by atoms with E-state index in [0.29, 0.717) is 18.3 Å². The molecule has 1 aromatic heterocycles. The van der Waals surface area contributed by atoms with Gasteiger partial charge in [0.15, 0.2) is 0 Å². The Labute approximate surface area is 177 Å². The zero-order chi connectivity index (χ0) is 20.2. The van der Waals surface area contributed by atoms with E-state index in [9.17, 15) is 4.79 Å². The number of likely N-dealkylation sites (N-methyl/N-ethyl adjacent to an activating group) is 1. The van der Waals surface area contributed by atoms with Crippen molar-refractivity contribution in [2.24, 2.45) is 0 Å². The van der Waals surface area contributed by atoms with Crippen LogP contribution in [0.15, 0.2) is 29.6 Å². The number of benzene rings is 1. The Balaban J connectivity index is 1.34. The molecule has 0 saturated carbocycles. The Hall–Kier alpha value is -1.96. The van der Waals surface area contributed by atoms with Crippen molar-refractivity contribution in [1.82, 2.24) is 19.7 Å². The summed E-state index contributed by atoms with van der Waals surface area (Å²) < 4.78 is 5.49. The Kier molecular flexibility index (Phi) is 6.47. The van der Waals surface area contributed by atoms with Crippen LogP contribution in [0.4, 0.5) is 0 Å². The van der Waals surface area contributed by atoms with Gasteiger partial charge in [-0.3, -0.25) is 9.69 Å². The average Bonchev–Trinajstić information content (AvgIpc) is 3.24. The first-order valence-corrected chi connectivity index (χ1v) is 11.4.